The van der Waals surface area contributed by atoms with Crippen LogP contribution in [0.3, 0.4) is 0 Å². The molecule has 2 amide bonds. The normalized spacial score (nSPS) is 23.5. The van der Waals surface area contributed by atoms with Crippen molar-refractivity contribution in [2.45, 2.75) is 65.0 Å². The Morgan fingerprint density at radius 3 is 2.70 bits per heavy atom. The highest BCUT2D eigenvalue weighted by atomic mass is 79.9. The van der Waals surface area contributed by atoms with Gasteiger partial charge in [-0.2, -0.15) is 0 Å². The van der Waals surface area contributed by atoms with Gasteiger partial charge in [0.05, 0.1) is 9.99 Å². The number of H-pyrrole nitrogens is 1. The van der Waals surface area contributed by atoms with Crippen molar-refractivity contribution in [3.05, 3.63) is 31.8 Å². The number of rotatable bonds is 5. The molecule has 1 aromatic heterocycles. The third-order valence-electron chi connectivity index (χ3n) is 6.95. The van der Waals surface area contributed by atoms with Gasteiger partial charge in [0.25, 0.3) is 0 Å². The molecule has 2 N–H and O–H groups in total. The van der Waals surface area contributed by atoms with E-state index in [0.717, 1.165) is 54.4 Å². The minimum atomic E-state index is 0.0658. The van der Waals surface area contributed by atoms with Crippen LogP contribution in [-0.4, -0.2) is 59.1 Å². The number of hydrogen-bond acceptors (Lipinski definition) is 2. The topological polar surface area (TPSA) is 51.4 Å². The van der Waals surface area contributed by atoms with E-state index >= 15 is 0 Å². The van der Waals surface area contributed by atoms with E-state index in [0.29, 0.717) is 12.0 Å². The van der Waals surface area contributed by atoms with Crippen molar-refractivity contribution in [3.8, 4) is 0 Å². The first-order chi connectivity index (χ1) is 14.4. The van der Waals surface area contributed by atoms with Crippen molar-refractivity contribution in [1.29, 1.82) is 0 Å². The second-order valence-corrected chi connectivity index (χ2v) is 10.3. The Kier molecular flexibility index (Phi) is 6.52. The first-order valence-electron chi connectivity index (χ1n) is 11.2. The third-order valence-corrected chi connectivity index (χ3v) is 8.93. The molecule has 4 rings (SSSR count). The van der Waals surface area contributed by atoms with Gasteiger partial charge in [0, 0.05) is 53.2 Å². The predicted molar refractivity (Wildman–Crippen MR) is 130 cm³/mol. The van der Waals surface area contributed by atoms with Gasteiger partial charge in [0.1, 0.15) is 0 Å². The summed E-state index contributed by atoms with van der Waals surface area (Å²) in [6.07, 6.45) is 3.19. The van der Waals surface area contributed by atoms with E-state index in [-0.39, 0.29) is 12.1 Å². The lowest BCUT2D eigenvalue weighted by Crippen LogP contribution is -2.57. The largest absolute Gasteiger partial charge is 0.357 e. The molecular formula is C23H32Br2N4O. The van der Waals surface area contributed by atoms with Crippen LogP contribution in [0.1, 0.15) is 56.4 Å². The van der Waals surface area contributed by atoms with E-state index in [1.807, 2.05) is 18.7 Å². The number of aryl methyl sites for hydroxylation is 1. The van der Waals surface area contributed by atoms with Crippen LogP contribution in [0, 0.1) is 6.92 Å². The maximum absolute atomic E-state index is 12.8. The number of hydrogen-bond donors (Lipinski definition) is 2. The van der Waals surface area contributed by atoms with Gasteiger partial charge >= 0.3 is 6.03 Å². The van der Waals surface area contributed by atoms with Gasteiger partial charge in [-0.3, -0.25) is 4.90 Å². The smallest absolute Gasteiger partial charge is 0.317 e. The molecule has 2 heterocycles. The first-order valence-corrected chi connectivity index (χ1v) is 12.8. The van der Waals surface area contributed by atoms with Gasteiger partial charge in [-0.25, -0.2) is 4.79 Å². The van der Waals surface area contributed by atoms with Gasteiger partial charge in [0.2, 0.25) is 0 Å². The summed E-state index contributed by atoms with van der Waals surface area (Å²) in [6.45, 7) is 12.0. The summed E-state index contributed by atoms with van der Waals surface area (Å²) in [4.78, 5) is 20.9. The number of likely N-dealkylation sites (tertiary alicyclic amines) is 1. The number of nitrogens with one attached hydrogen (secondary N) is 2. The standard InChI is InChI=1S/C23H32Br2N4O/c1-5-8-29-12-14(27-23(30)28(6-2)7-3)9-16-17-10-18(24)21(25)22-20(17)15(11-19(16)29)13(4)26-22/h10,14,16,19,26H,5-9,11-12H2,1-4H3,(H,27,30)/t14-,16+,19+/m0/s1. The number of piperidine rings is 1. The summed E-state index contributed by atoms with van der Waals surface area (Å²) in [5.41, 5.74) is 5.35. The number of carbonyl (C=O) groups is 1. The average molecular weight is 540 g/mol. The number of benzene rings is 1. The second kappa shape index (κ2) is 8.83. The molecule has 1 aromatic carbocycles. The number of halogens is 2. The molecule has 0 spiro atoms. The Hall–Kier alpha value is -1.05. The van der Waals surface area contributed by atoms with Crippen LogP contribution < -0.4 is 5.32 Å². The van der Waals surface area contributed by atoms with Crippen LogP contribution in [-0.2, 0) is 6.42 Å². The summed E-state index contributed by atoms with van der Waals surface area (Å²) >= 11 is 7.53. The highest BCUT2D eigenvalue weighted by Crippen LogP contribution is 2.48. The average Bonchev–Trinajstić information content (AvgIpc) is 3.05. The number of carbonyl (C=O) groups excluding carboxylic acids is 1. The van der Waals surface area contributed by atoms with E-state index in [2.05, 4.69) is 67.0 Å². The lowest BCUT2D eigenvalue weighted by Gasteiger charge is -2.47. The molecule has 2 aliphatic rings. The van der Waals surface area contributed by atoms with Crippen molar-refractivity contribution < 1.29 is 4.79 Å². The molecule has 3 atom stereocenters. The molecule has 1 aliphatic carbocycles. The number of nitrogens with zero attached hydrogens (tertiary/aromatic N) is 2. The Morgan fingerprint density at radius 2 is 2.03 bits per heavy atom. The molecule has 0 radical (unpaired) electrons. The van der Waals surface area contributed by atoms with E-state index < -0.39 is 0 Å². The number of aromatic nitrogens is 1. The van der Waals surface area contributed by atoms with Gasteiger partial charge in [-0.1, -0.05) is 6.92 Å². The van der Waals surface area contributed by atoms with E-state index in [1.165, 1.54) is 27.7 Å². The maximum Gasteiger partial charge on any atom is 0.317 e. The van der Waals surface area contributed by atoms with Crippen molar-refractivity contribution in [2.75, 3.05) is 26.2 Å². The summed E-state index contributed by atoms with van der Waals surface area (Å²) in [5, 5.41) is 4.73. The zero-order valence-corrected chi connectivity index (χ0v) is 21.5. The maximum atomic E-state index is 12.8. The number of urea groups is 1. The van der Waals surface area contributed by atoms with E-state index in [1.54, 1.807) is 0 Å². The van der Waals surface area contributed by atoms with Crippen molar-refractivity contribution in [1.82, 2.24) is 20.1 Å². The lowest BCUT2D eigenvalue weighted by molar-refractivity contribution is 0.0978. The highest BCUT2D eigenvalue weighted by Gasteiger charge is 2.42. The van der Waals surface area contributed by atoms with E-state index in [4.69, 9.17) is 0 Å². The predicted octanol–water partition coefficient (Wildman–Crippen LogP) is 5.55. The summed E-state index contributed by atoms with van der Waals surface area (Å²) in [5.74, 6) is 0.418. The zero-order chi connectivity index (χ0) is 21.6. The SMILES string of the molecule is CCCN1C[C@@H](NC(=O)N(CC)CC)C[C@@H]2c3cc(Br)c(Br)c4[nH]c(C)c(c34)C[C@H]21. The summed E-state index contributed by atoms with van der Waals surface area (Å²) < 4.78 is 2.19. The third kappa shape index (κ3) is 3.71. The van der Waals surface area contributed by atoms with Gasteiger partial charge in [0.15, 0.2) is 0 Å². The van der Waals surface area contributed by atoms with Crippen molar-refractivity contribution >= 4 is 48.8 Å². The zero-order valence-electron chi connectivity index (χ0n) is 18.3. The van der Waals surface area contributed by atoms with Crippen LogP contribution in [0.15, 0.2) is 15.0 Å². The molecule has 7 heteroatoms. The second-order valence-electron chi connectivity index (χ2n) is 8.67. The summed E-state index contributed by atoms with van der Waals surface area (Å²) in [6, 6.07) is 3.03. The quantitative estimate of drug-likeness (QED) is 0.523. The van der Waals surface area contributed by atoms with Gasteiger partial charge < -0.3 is 15.2 Å². The van der Waals surface area contributed by atoms with Crippen LogP contribution in [0.5, 0.6) is 0 Å². The minimum Gasteiger partial charge on any atom is -0.357 e. The van der Waals surface area contributed by atoms with Crippen molar-refractivity contribution in [2.24, 2.45) is 0 Å². The Morgan fingerprint density at radius 1 is 1.30 bits per heavy atom. The molecule has 30 heavy (non-hydrogen) atoms. The fraction of sp³-hybridized carbons (Fsp3) is 0.609. The molecule has 0 bridgehead atoms. The number of fused-ring (bicyclic) bond motifs is 2. The fourth-order valence-corrected chi connectivity index (χ4v) is 6.39. The molecule has 164 valence electrons. The lowest BCUT2D eigenvalue weighted by atomic mass is 9.73. The first kappa shape index (κ1) is 22.2. The monoisotopic (exact) mass is 538 g/mol. The molecular weight excluding hydrogens is 508 g/mol. The van der Waals surface area contributed by atoms with Crippen LogP contribution in [0.4, 0.5) is 4.79 Å². The molecule has 1 aliphatic heterocycles. The molecule has 2 aromatic rings. The summed E-state index contributed by atoms with van der Waals surface area (Å²) in [7, 11) is 0. The Balaban J connectivity index is 1.72. The van der Waals surface area contributed by atoms with Crippen LogP contribution in [0.25, 0.3) is 10.9 Å². The molecule has 0 saturated carbocycles. The number of amides is 2. The fourth-order valence-electron chi connectivity index (χ4n) is 5.54. The molecule has 1 saturated heterocycles. The Bertz CT molecular complexity index is 953. The molecule has 1 fully saturated rings. The van der Waals surface area contributed by atoms with Crippen LogP contribution in [0.2, 0.25) is 0 Å². The van der Waals surface area contributed by atoms with Gasteiger partial charge in [-0.15, -0.1) is 0 Å². The molecule has 5 nitrogen and oxygen atoms in total. The van der Waals surface area contributed by atoms with E-state index in [9.17, 15) is 4.79 Å². The Labute approximate surface area is 196 Å². The minimum absolute atomic E-state index is 0.0658. The highest BCUT2D eigenvalue weighted by molar-refractivity contribution is 9.13. The van der Waals surface area contributed by atoms with Crippen molar-refractivity contribution in [3.63, 3.8) is 0 Å². The molecule has 0 unspecified atom stereocenters. The van der Waals surface area contributed by atoms with Crippen LogP contribution >= 0.6 is 31.9 Å². The van der Waals surface area contributed by atoms with Gasteiger partial charge in [-0.05, 0) is 95.6 Å². The number of aromatic amines is 1.